The first-order valence-electron chi connectivity index (χ1n) is 7.78. The van der Waals surface area contributed by atoms with Gasteiger partial charge in [-0.1, -0.05) is 34.1 Å². The topological polar surface area (TPSA) is 107 Å². The maximum absolute atomic E-state index is 12.5. The van der Waals surface area contributed by atoms with E-state index in [1.165, 1.54) is 28.9 Å². The van der Waals surface area contributed by atoms with Crippen LogP contribution in [-0.4, -0.2) is 20.6 Å². The molecule has 1 amide bonds. The smallest absolute Gasteiger partial charge is 0.294 e. The first kappa shape index (κ1) is 18.5. The summed E-state index contributed by atoms with van der Waals surface area (Å²) in [6.45, 7) is 1.58. The second-order valence-electron chi connectivity index (χ2n) is 5.62. The van der Waals surface area contributed by atoms with Crippen molar-refractivity contribution in [3.8, 4) is 5.69 Å². The average molecular weight is 429 g/mol. The van der Waals surface area contributed by atoms with E-state index in [-0.39, 0.29) is 17.1 Å². The van der Waals surface area contributed by atoms with Crippen LogP contribution in [0.4, 0.5) is 11.4 Å². The molecule has 8 nitrogen and oxygen atoms in total. The fourth-order valence-electron chi connectivity index (χ4n) is 2.50. The zero-order valence-electron chi connectivity index (χ0n) is 14.0. The van der Waals surface area contributed by atoms with Gasteiger partial charge >= 0.3 is 0 Å². The van der Waals surface area contributed by atoms with Crippen molar-refractivity contribution in [2.75, 3.05) is 5.32 Å². The van der Waals surface area contributed by atoms with Crippen LogP contribution in [0.5, 0.6) is 0 Å². The molecule has 0 radical (unpaired) electrons. The largest absolute Gasteiger partial charge is 0.320 e. The van der Waals surface area contributed by atoms with E-state index in [9.17, 15) is 19.7 Å². The number of aryl methyl sites for hydroxylation is 1. The van der Waals surface area contributed by atoms with Gasteiger partial charge in [0, 0.05) is 28.0 Å². The third-order valence-electron chi connectivity index (χ3n) is 3.71. The Labute approximate surface area is 161 Å². The van der Waals surface area contributed by atoms with Crippen molar-refractivity contribution in [2.45, 2.75) is 6.92 Å². The number of para-hydroxylation sites is 2. The third kappa shape index (κ3) is 3.93. The summed E-state index contributed by atoms with van der Waals surface area (Å²) in [5.41, 5.74) is -0.109. The highest BCUT2D eigenvalue weighted by atomic mass is 79.9. The molecular weight excluding hydrogens is 416 g/mol. The number of anilines is 1. The molecule has 0 aliphatic rings. The van der Waals surface area contributed by atoms with Crippen LogP contribution in [0.3, 0.4) is 0 Å². The highest BCUT2D eigenvalue weighted by Crippen LogP contribution is 2.22. The van der Waals surface area contributed by atoms with E-state index in [2.05, 4.69) is 26.3 Å². The van der Waals surface area contributed by atoms with E-state index in [0.717, 1.165) is 4.47 Å². The zero-order chi connectivity index (χ0) is 19.6. The molecule has 0 atom stereocenters. The molecule has 0 aliphatic heterocycles. The maximum atomic E-state index is 12.5. The van der Waals surface area contributed by atoms with E-state index in [4.69, 9.17) is 0 Å². The summed E-state index contributed by atoms with van der Waals surface area (Å²) < 4.78 is 1.98. The van der Waals surface area contributed by atoms with E-state index >= 15 is 0 Å². The van der Waals surface area contributed by atoms with E-state index in [1.54, 1.807) is 37.3 Å². The molecule has 0 bridgehead atoms. The fraction of sp³-hybridized carbons (Fsp3) is 0.0556. The van der Waals surface area contributed by atoms with Crippen molar-refractivity contribution in [3.63, 3.8) is 0 Å². The van der Waals surface area contributed by atoms with Gasteiger partial charge in [-0.25, -0.2) is 4.68 Å². The van der Waals surface area contributed by atoms with Crippen molar-refractivity contribution in [3.05, 3.63) is 90.8 Å². The minimum Gasteiger partial charge on any atom is -0.320 e. The number of carbonyl (C=O) groups is 1. The number of rotatable bonds is 4. The lowest BCUT2D eigenvalue weighted by Crippen LogP contribution is -2.27. The Balaban J connectivity index is 2.06. The Morgan fingerprint density at radius 2 is 1.93 bits per heavy atom. The van der Waals surface area contributed by atoms with E-state index < -0.39 is 16.3 Å². The van der Waals surface area contributed by atoms with Crippen molar-refractivity contribution in [2.24, 2.45) is 0 Å². The lowest BCUT2D eigenvalue weighted by atomic mass is 10.2. The molecule has 0 saturated carbocycles. The monoisotopic (exact) mass is 428 g/mol. The molecule has 0 unspecified atom stereocenters. The molecule has 1 N–H and O–H groups in total. The van der Waals surface area contributed by atoms with Crippen LogP contribution in [0, 0.1) is 17.0 Å². The number of halogens is 1. The molecule has 0 fully saturated rings. The van der Waals surface area contributed by atoms with Gasteiger partial charge in [0.15, 0.2) is 5.69 Å². The molecule has 1 heterocycles. The molecule has 3 aromatic rings. The second kappa shape index (κ2) is 7.50. The molecule has 0 saturated heterocycles. The molecule has 0 aliphatic carbocycles. The summed E-state index contributed by atoms with van der Waals surface area (Å²) >= 11 is 3.30. The van der Waals surface area contributed by atoms with E-state index in [0.29, 0.717) is 11.4 Å². The van der Waals surface area contributed by atoms with Crippen molar-refractivity contribution >= 4 is 33.2 Å². The molecular formula is C18H13BrN4O4. The summed E-state index contributed by atoms with van der Waals surface area (Å²) in [5, 5.41) is 18.0. The van der Waals surface area contributed by atoms with Gasteiger partial charge in [0.25, 0.3) is 11.6 Å². The van der Waals surface area contributed by atoms with Crippen LogP contribution in [0.25, 0.3) is 5.69 Å². The minimum absolute atomic E-state index is 0.163. The summed E-state index contributed by atoms with van der Waals surface area (Å²) in [7, 11) is 0. The normalized spacial score (nSPS) is 10.4. The lowest BCUT2D eigenvalue weighted by molar-refractivity contribution is -0.384. The van der Waals surface area contributed by atoms with Crippen LogP contribution in [0.2, 0.25) is 0 Å². The summed E-state index contributed by atoms with van der Waals surface area (Å²) in [4.78, 5) is 35.5. The van der Waals surface area contributed by atoms with Gasteiger partial charge < -0.3 is 5.32 Å². The summed E-state index contributed by atoms with van der Waals surface area (Å²) in [5.74, 6) is -0.703. The summed E-state index contributed by atoms with van der Waals surface area (Å²) in [6, 6.07) is 14.1. The zero-order valence-corrected chi connectivity index (χ0v) is 15.6. The van der Waals surface area contributed by atoms with Crippen molar-refractivity contribution < 1.29 is 9.72 Å². The van der Waals surface area contributed by atoms with Gasteiger partial charge in [-0.3, -0.25) is 19.7 Å². The average Bonchev–Trinajstić information content (AvgIpc) is 2.61. The number of nitrogens with one attached hydrogen (secondary N) is 1. The minimum atomic E-state index is -0.703. The SMILES string of the molecule is Cc1cc(=O)c(C(=O)Nc2cccc(Br)c2)nn1-c1ccccc1[N+](=O)[O-]. The fourth-order valence-corrected chi connectivity index (χ4v) is 2.90. The maximum Gasteiger partial charge on any atom is 0.294 e. The number of nitrogens with zero attached hydrogens (tertiary/aromatic N) is 3. The standard InChI is InChI=1S/C18H13BrN4O4/c1-11-9-16(24)17(18(25)20-13-6-4-5-12(19)10-13)21-22(11)14-7-2-3-8-15(14)23(26)27/h2-10H,1H3,(H,20,25). The van der Waals surface area contributed by atoms with Crippen molar-refractivity contribution in [1.29, 1.82) is 0 Å². The quantitative estimate of drug-likeness (QED) is 0.505. The van der Waals surface area contributed by atoms with Crippen LogP contribution in [0.15, 0.2) is 63.9 Å². The molecule has 3 rings (SSSR count). The summed E-state index contributed by atoms with van der Waals surface area (Å²) in [6.07, 6.45) is 0. The number of hydrogen-bond donors (Lipinski definition) is 1. The predicted octanol–water partition coefficient (Wildman–Crippen LogP) is 3.46. The lowest BCUT2D eigenvalue weighted by Gasteiger charge is -2.11. The first-order chi connectivity index (χ1) is 12.9. The Kier molecular flexibility index (Phi) is 5.13. The van der Waals surface area contributed by atoms with Crippen molar-refractivity contribution in [1.82, 2.24) is 9.78 Å². The van der Waals surface area contributed by atoms with Gasteiger partial charge in [-0.2, -0.15) is 5.10 Å². The number of amides is 1. The number of aromatic nitrogens is 2. The van der Waals surface area contributed by atoms with Gasteiger partial charge in [0.1, 0.15) is 5.69 Å². The van der Waals surface area contributed by atoms with Gasteiger partial charge in [0.2, 0.25) is 5.43 Å². The predicted molar refractivity (Wildman–Crippen MR) is 103 cm³/mol. The highest BCUT2D eigenvalue weighted by Gasteiger charge is 2.20. The number of benzene rings is 2. The molecule has 0 spiro atoms. The number of carbonyl (C=O) groups excluding carboxylic acids is 1. The number of hydrogen-bond acceptors (Lipinski definition) is 5. The molecule has 2 aromatic carbocycles. The Bertz CT molecular complexity index is 1110. The number of nitro groups is 1. The number of nitro benzene ring substituents is 1. The first-order valence-corrected chi connectivity index (χ1v) is 8.58. The van der Waals surface area contributed by atoms with Gasteiger partial charge in [-0.15, -0.1) is 0 Å². The molecule has 136 valence electrons. The van der Waals surface area contributed by atoms with Crippen LogP contribution in [-0.2, 0) is 0 Å². The van der Waals surface area contributed by atoms with Crippen LogP contribution in [0.1, 0.15) is 16.2 Å². The van der Waals surface area contributed by atoms with Gasteiger partial charge in [0.05, 0.1) is 4.92 Å². The van der Waals surface area contributed by atoms with E-state index in [1.807, 2.05) is 0 Å². The van der Waals surface area contributed by atoms with Crippen LogP contribution < -0.4 is 10.7 Å². The Morgan fingerprint density at radius 1 is 1.19 bits per heavy atom. The second-order valence-corrected chi connectivity index (χ2v) is 6.54. The molecule has 1 aromatic heterocycles. The molecule has 27 heavy (non-hydrogen) atoms. The highest BCUT2D eigenvalue weighted by molar-refractivity contribution is 9.10. The molecule has 9 heteroatoms. The Morgan fingerprint density at radius 3 is 2.63 bits per heavy atom. The third-order valence-corrected chi connectivity index (χ3v) is 4.20. The van der Waals surface area contributed by atoms with Gasteiger partial charge in [-0.05, 0) is 31.2 Å². The van der Waals surface area contributed by atoms with Crippen LogP contribution >= 0.6 is 15.9 Å². The Hall–Kier alpha value is -3.33.